The zero-order valence-corrected chi connectivity index (χ0v) is 19.1. The monoisotopic (exact) mass is 513 g/mol. The standard InChI is InChI=1S/C20H27N5O3.HI/c1-3-21-19(24-16-9-11-25(12-10-16)20(26)27-2)22-13-17-14-28-18(23-17)15-7-5-4-6-8-15;/h4-8,14,16H,3,9-13H2,1-2H3,(H2,21,22,24);1H. The number of nitrogens with zero attached hydrogens (tertiary/aromatic N) is 3. The highest BCUT2D eigenvalue weighted by atomic mass is 127. The minimum absolute atomic E-state index is 0. The van der Waals surface area contributed by atoms with Gasteiger partial charge in [-0.3, -0.25) is 0 Å². The Labute approximate surface area is 188 Å². The summed E-state index contributed by atoms with van der Waals surface area (Å²) in [6, 6.07) is 10.1. The molecule has 0 atom stereocenters. The Morgan fingerprint density at radius 3 is 2.69 bits per heavy atom. The predicted molar refractivity (Wildman–Crippen MR) is 122 cm³/mol. The quantitative estimate of drug-likeness (QED) is 0.363. The molecule has 2 N–H and O–H groups in total. The van der Waals surface area contributed by atoms with Crippen molar-refractivity contribution >= 4 is 36.0 Å². The lowest BCUT2D eigenvalue weighted by Crippen LogP contribution is -2.49. The number of hydrogen-bond donors (Lipinski definition) is 2. The number of carbonyl (C=O) groups excluding carboxylic acids is 1. The topological polar surface area (TPSA) is 92.0 Å². The number of oxazole rings is 1. The van der Waals surface area contributed by atoms with Crippen molar-refractivity contribution in [1.82, 2.24) is 20.5 Å². The highest BCUT2D eigenvalue weighted by molar-refractivity contribution is 14.0. The Kier molecular flexibility index (Phi) is 9.23. The van der Waals surface area contributed by atoms with E-state index in [-0.39, 0.29) is 36.1 Å². The number of hydrogen-bond acceptors (Lipinski definition) is 5. The van der Waals surface area contributed by atoms with Crippen molar-refractivity contribution in [3.63, 3.8) is 0 Å². The van der Waals surface area contributed by atoms with Gasteiger partial charge < -0.3 is 24.7 Å². The SMILES string of the molecule is CCNC(=NCc1coc(-c2ccccc2)n1)NC1CCN(C(=O)OC)CC1.I. The number of aliphatic imine (C=N–C) groups is 1. The van der Waals surface area contributed by atoms with E-state index in [0.717, 1.165) is 36.6 Å². The molecule has 0 aliphatic carbocycles. The van der Waals surface area contributed by atoms with Crippen LogP contribution < -0.4 is 10.6 Å². The van der Waals surface area contributed by atoms with Gasteiger partial charge in [0.05, 0.1) is 13.7 Å². The summed E-state index contributed by atoms with van der Waals surface area (Å²) in [5, 5.41) is 6.70. The molecule has 1 amide bonds. The summed E-state index contributed by atoms with van der Waals surface area (Å²) in [4.78, 5) is 22.5. The first-order valence-corrected chi connectivity index (χ1v) is 9.57. The van der Waals surface area contributed by atoms with Gasteiger partial charge in [0.25, 0.3) is 0 Å². The predicted octanol–water partition coefficient (Wildman–Crippen LogP) is 3.25. The average Bonchev–Trinajstić information content (AvgIpc) is 3.22. The van der Waals surface area contributed by atoms with Crippen LogP contribution in [0.3, 0.4) is 0 Å². The summed E-state index contributed by atoms with van der Waals surface area (Å²) in [6.45, 7) is 4.56. The number of methoxy groups -OCH3 is 1. The third-order valence-corrected chi connectivity index (χ3v) is 4.58. The minimum atomic E-state index is -0.265. The lowest BCUT2D eigenvalue weighted by Gasteiger charge is -2.32. The van der Waals surface area contributed by atoms with Gasteiger partial charge in [-0.15, -0.1) is 24.0 Å². The van der Waals surface area contributed by atoms with Crippen LogP contribution in [-0.4, -0.2) is 54.7 Å². The Balaban J connectivity index is 0.00000300. The summed E-state index contributed by atoms with van der Waals surface area (Å²) in [5.41, 5.74) is 1.72. The number of guanidine groups is 1. The lowest BCUT2D eigenvalue weighted by molar-refractivity contribution is 0.111. The van der Waals surface area contributed by atoms with E-state index in [2.05, 4.69) is 20.6 Å². The van der Waals surface area contributed by atoms with Crippen molar-refractivity contribution in [2.24, 2.45) is 4.99 Å². The van der Waals surface area contributed by atoms with Crippen LogP contribution in [0, 0.1) is 0 Å². The Morgan fingerprint density at radius 1 is 1.31 bits per heavy atom. The number of ether oxygens (including phenoxy) is 1. The van der Waals surface area contributed by atoms with Gasteiger partial charge in [-0.25, -0.2) is 14.8 Å². The molecule has 1 fully saturated rings. The van der Waals surface area contributed by atoms with Gasteiger partial charge in [-0.1, -0.05) is 18.2 Å². The van der Waals surface area contributed by atoms with Gasteiger partial charge >= 0.3 is 6.09 Å². The molecule has 1 aliphatic rings. The third kappa shape index (κ3) is 6.62. The van der Waals surface area contributed by atoms with Crippen LogP contribution in [0.4, 0.5) is 4.79 Å². The van der Waals surface area contributed by atoms with Crippen LogP contribution in [0.15, 0.2) is 46.0 Å². The van der Waals surface area contributed by atoms with Crippen LogP contribution in [0.5, 0.6) is 0 Å². The normalized spacial score (nSPS) is 14.8. The van der Waals surface area contributed by atoms with Crippen molar-refractivity contribution in [2.45, 2.75) is 32.4 Å². The first-order chi connectivity index (χ1) is 13.7. The van der Waals surface area contributed by atoms with Gasteiger partial charge in [0, 0.05) is 31.2 Å². The molecule has 0 unspecified atom stereocenters. The average molecular weight is 513 g/mol. The number of amides is 1. The maximum absolute atomic E-state index is 11.6. The van der Waals surface area contributed by atoms with Crippen molar-refractivity contribution in [3.8, 4) is 11.5 Å². The van der Waals surface area contributed by atoms with Gasteiger partial charge in [0.1, 0.15) is 12.0 Å². The molecule has 1 saturated heterocycles. The van der Waals surface area contributed by atoms with Gasteiger partial charge in [0.15, 0.2) is 5.96 Å². The molecule has 1 aliphatic heterocycles. The van der Waals surface area contributed by atoms with E-state index in [4.69, 9.17) is 9.15 Å². The summed E-state index contributed by atoms with van der Waals surface area (Å²) < 4.78 is 10.3. The summed E-state index contributed by atoms with van der Waals surface area (Å²) in [7, 11) is 1.41. The fourth-order valence-electron chi connectivity index (χ4n) is 3.10. The van der Waals surface area contributed by atoms with E-state index < -0.39 is 0 Å². The summed E-state index contributed by atoms with van der Waals surface area (Å²) in [5.74, 6) is 1.34. The second kappa shape index (κ2) is 11.6. The van der Waals surface area contributed by atoms with Crippen molar-refractivity contribution in [3.05, 3.63) is 42.3 Å². The van der Waals surface area contributed by atoms with E-state index in [0.29, 0.717) is 25.5 Å². The third-order valence-electron chi connectivity index (χ3n) is 4.58. The van der Waals surface area contributed by atoms with Crippen molar-refractivity contribution in [2.75, 3.05) is 26.7 Å². The van der Waals surface area contributed by atoms with Crippen LogP contribution in [0.25, 0.3) is 11.5 Å². The van der Waals surface area contributed by atoms with Crippen LogP contribution in [-0.2, 0) is 11.3 Å². The maximum Gasteiger partial charge on any atom is 0.409 e. The fraction of sp³-hybridized carbons (Fsp3) is 0.450. The Bertz CT molecular complexity index is 788. The van der Waals surface area contributed by atoms with E-state index in [1.807, 2.05) is 37.3 Å². The minimum Gasteiger partial charge on any atom is -0.453 e. The molecule has 2 heterocycles. The lowest BCUT2D eigenvalue weighted by atomic mass is 10.1. The number of carbonyl (C=O) groups is 1. The number of rotatable bonds is 5. The number of benzene rings is 1. The molecule has 9 heteroatoms. The zero-order valence-electron chi connectivity index (χ0n) is 16.8. The highest BCUT2D eigenvalue weighted by Gasteiger charge is 2.23. The Hall–Kier alpha value is -2.30. The number of aromatic nitrogens is 1. The van der Waals surface area contributed by atoms with Gasteiger partial charge in [-0.2, -0.15) is 0 Å². The van der Waals surface area contributed by atoms with Crippen LogP contribution >= 0.6 is 24.0 Å². The van der Waals surface area contributed by atoms with Crippen LogP contribution in [0.2, 0.25) is 0 Å². The largest absolute Gasteiger partial charge is 0.453 e. The first kappa shape index (κ1) is 23.0. The van der Waals surface area contributed by atoms with Gasteiger partial charge in [0.2, 0.25) is 5.89 Å². The first-order valence-electron chi connectivity index (χ1n) is 9.57. The molecule has 0 saturated carbocycles. The molecule has 29 heavy (non-hydrogen) atoms. The van der Waals surface area contributed by atoms with E-state index in [1.165, 1.54) is 7.11 Å². The number of halogens is 1. The van der Waals surface area contributed by atoms with Crippen molar-refractivity contribution in [1.29, 1.82) is 0 Å². The molecular formula is C20H28IN5O3. The van der Waals surface area contributed by atoms with E-state index in [9.17, 15) is 4.79 Å². The number of piperidine rings is 1. The van der Waals surface area contributed by atoms with Crippen molar-refractivity contribution < 1.29 is 13.9 Å². The molecule has 0 bridgehead atoms. The molecule has 158 valence electrons. The molecule has 1 aromatic heterocycles. The smallest absolute Gasteiger partial charge is 0.409 e. The second-order valence-corrected chi connectivity index (χ2v) is 6.58. The molecule has 8 nitrogen and oxygen atoms in total. The second-order valence-electron chi connectivity index (χ2n) is 6.58. The summed E-state index contributed by atoms with van der Waals surface area (Å²) in [6.07, 6.45) is 3.08. The van der Waals surface area contributed by atoms with E-state index in [1.54, 1.807) is 11.2 Å². The highest BCUT2D eigenvalue weighted by Crippen LogP contribution is 2.18. The molecular weight excluding hydrogens is 485 g/mol. The summed E-state index contributed by atoms with van der Waals surface area (Å²) >= 11 is 0. The molecule has 0 radical (unpaired) electrons. The number of likely N-dealkylation sites (tertiary alicyclic amines) is 1. The van der Waals surface area contributed by atoms with Crippen LogP contribution in [0.1, 0.15) is 25.5 Å². The number of nitrogens with one attached hydrogen (secondary N) is 2. The molecule has 2 aromatic rings. The molecule has 1 aromatic carbocycles. The molecule has 0 spiro atoms. The zero-order chi connectivity index (χ0) is 19.8. The van der Waals surface area contributed by atoms with Gasteiger partial charge in [-0.05, 0) is 31.9 Å². The maximum atomic E-state index is 11.6. The van der Waals surface area contributed by atoms with E-state index >= 15 is 0 Å². The molecule has 3 rings (SSSR count). The fourth-order valence-corrected chi connectivity index (χ4v) is 3.10. The Morgan fingerprint density at radius 2 is 2.03 bits per heavy atom.